The number of methoxy groups -OCH3 is 2. The maximum absolute atomic E-state index is 6.13. The molecule has 5 nitrogen and oxygen atoms in total. The van der Waals surface area contributed by atoms with Gasteiger partial charge >= 0.3 is 0 Å². The first-order valence-electron chi connectivity index (χ1n) is 10.9. The Bertz CT molecular complexity index is 858. The van der Waals surface area contributed by atoms with Gasteiger partial charge < -0.3 is 23.7 Å². The van der Waals surface area contributed by atoms with Gasteiger partial charge in [0.1, 0.15) is 11.5 Å². The second-order valence-electron chi connectivity index (χ2n) is 9.99. The van der Waals surface area contributed by atoms with Crippen molar-refractivity contribution < 1.29 is 23.7 Å². The lowest BCUT2D eigenvalue weighted by atomic mass is 9.78. The molecule has 0 aromatic heterocycles. The Hall–Kier alpha value is -2.08. The van der Waals surface area contributed by atoms with Crippen LogP contribution in [0.15, 0.2) is 36.4 Å². The van der Waals surface area contributed by atoms with E-state index in [-0.39, 0.29) is 23.0 Å². The summed E-state index contributed by atoms with van der Waals surface area (Å²) >= 11 is 0. The summed E-state index contributed by atoms with van der Waals surface area (Å²) in [6.07, 6.45) is 0.222. The Balaban J connectivity index is 1.47. The molecule has 2 aliphatic heterocycles. The average Bonchev–Trinajstić information content (AvgIpc) is 2.73. The van der Waals surface area contributed by atoms with Crippen molar-refractivity contribution in [1.29, 1.82) is 0 Å². The van der Waals surface area contributed by atoms with Crippen molar-refractivity contribution in [2.45, 2.75) is 53.1 Å². The molecule has 2 aromatic carbocycles. The standard InChI is InChI=1S/C26H34O5/c1-25(2)15-30-23(25)17-7-9-21(27-5)19(11-17)13-29-14-20-12-18(8-10-22(20)28-6)24-26(3,4)16-31-24/h7-12,23-24H,13-16H2,1-6H3. The quantitative estimate of drug-likeness (QED) is 0.549. The summed E-state index contributed by atoms with van der Waals surface area (Å²) in [4.78, 5) is 0. The van der Waals surface area contributed by atoms with Crippen molar-refractivity contribution in [2.24, 2.45) is 10.8 Å². The maximum atomic E-state index is 6.13. The van der Waals surface area contributed by atoms with Crippen molar-refractivity contribution in [3.05, 3.63) is 58.7 Å². The Labute approximate surface area is 185 Å². The normalized spacial score (nSPS) is 23.5. The summed E-state index contributed by atoms with van der Waals surface area (Å²) in [7, 11) is 3.38. The summed E-state index contributed by atoms with van der Waals surface area (Å²) < 4.78 is 28.9. The molecule has 2 fully saturated rings. The molecule has 2 saturated heterocycles. The predicted molar refractivity (Wildman–Crippen MR) is 119 cm³/mol. The van der Waals surface area contributed by atoms with E-state index in [1.54, 1.807) is 14.2 Å². The van der Waals surface area contributed by atoms with Crippen LogP contribution in [0.3, 0.4) is 0 Å². The molecular formula is C26H34O5. The van der Waals surface area contributed by atoms with Gasteiger partial charge in [0.25, 0.3) is 0 Å². The molecule has 2 unspecified atom stereocenters. The van der Waals surface area contributed by atoms with E-state index in [1.165, 1.54) is 11.1 Å². The summed E-state index contributed by atoms with van der Waals surface area (Å²) in [5.41, 5.74) is 4.67. The molecule has 2 aliphatic rings. The zero-order valence-corrected chi connectivity index (χ0v) is 19.5. The fraction of sp³-hybridized carbons (Fsp3) is 0.538. The molecule has 31 heavy (non-hydrogen) atoms. The van der Waals surface area contributed by atoms with Gasteiger partial charge in [0.2, 0.25) is 0 Å². The van der Waals surface area contributed by atoms with Crippen LogP contribution in [0.2, 0.25) is 0 Å². The van der Waals surface area contributed by atoms with Crippen LogP contribution in [0.4, 0.5) is 0 Å². The third kappa shape index (κ3) is 4.32. The molecule has 0 spiro atoms. The van der Waals surface area contributed by atoms with E-state index in [0.717, 1.165) is 35.8 Å². The molecule has 0 bridgehead atoms. The number of benzene rings is 2. The van der Waals surface area contributed by atoms with E-state index >= 15 is 0 Å². The van der Waals surface area contributed by atoms with Gasteiger partial charge in [-0.1, -0.05) is 39.8 Å². The van der Waals surface area contributed by atoms with Crippen LogP contribution in [0.25, 0.3) is 0 Å². The Kier molecular flexibility index (Phi) is 6.03. The van der Waals surface area contributed by atoms with E-state index in [9.17, 15) is 0 Å². The number of rotatable bonds is 8. The number of ether oxygens (including phenoxy) is 5. The van der Waals surface area contributed by atoms with Crippen LogP contribution in [0.1, 0.15) is 62.2 Å². The largest absolute Gasteiger partial charge is 0.496 e. The van der Waals surface area contributed by atoms with Gasteiger partial charge in [0.05, 0.1) is 52.9 Å². The van der Waals surface area contributed by atoms with Crippen LogP contribution in [-0.2, 0) is 27.4 Å². The first kappa shape index (κ1) is 22.1. The van der Waals surface area contributed by atoms with Gasteiger partial charge in [-0.3, -0.25) is 0 Å². The molecule has 0 N–H and O–H groups in total. The Morgan fingerprint density at radius 2 is 1.16 bits per heavy atom. The highest BCUT2D eigenvalue weighted by Gasteiger charge is 2.42. The molecule has 5 heteroatoms. The molecule has 168 valence electrons. The molecular weight excluding hydrogens is 392 g/mol. The van der Waals surface area contributed by atoms with Crippen LogP contribution < -0.4 is 9.47 Å². The highest BCUT2D eigenvalue weighted by molar-refractivity contribution is 5.40. The van der Waals surface area contributed by atoms with Crippen molar-refractivity contribution in [3.8, 4) is 11.5 Å². The third-order valence-electron chi connectivity index (χ3n) is 6.39. The lowest BCUT2D eigenvalue weighted by molar-refractivity contribution is -0.172. The monoisotopic (exact) mass is 426 g/mol. The average molecular weight is 427 g/mol. The van der Waals surface area contributed by atoms with E-state index in [0.29, 0.717) is 13.2 Å². The van der Waals surface area contributed by atoms with E-state index in [4.69, 9.17) is 23.7 Å². The maximum Gasteiger partial charge on any atom is 0.124 e. The predicted octanol–water partition coefficient (Wildman–Crippen LogP) is 5.62. The summed E-state index contributed by atoms with van der Waals surface area (Å²) in [6, 6.07) is 12.5. The van der Waals surface area contributed by atoms with E-state index in [2.05, 4.69) is 52.0 Å². The minimum atomic E-state index is 0.111. The molecule has 4 rings (SSSR count). The van der Waals surface area contributed by atoms with Gasteiger partial charge in [0, 0.05) is 22.0 Å². The molecule has 0 aliphatic carbocycles. The van der Waals surface area contributed by atoms with Crippen LogP contribution in [-0.4, -0.2) is 27.4 Å². The van der Waals surface area contributed by atoms with Gasteiger partial charge in [-0.2, -0.15) is 0 Å². The molecule has 0 radical (unpaired) electrons. The first-order valence-corrected chi connectivity index (χ1v) is 10.9. The lowest BCUT2D eigenvalue weighted by Gasteiger charge is -2.44. The van der Waals surface area contributed by atoms with Gasteiger partial charge in [0.15, 0.2) is 0 Å². The zero-order valence-electron chi connectivity index (χ0n) is 19.5. The fourth-order valence-electron chi connectivity index (χ4n) is 4.51. The molecule has 2 heterocycles. The van der Waals surface area contributed by atoms with Gasteiger partial charge in [-0.05, 0) is 35.4 Å². The molecule has 0 amide bonds. The van der Waals surface area contributed by atoms with Gasteiger partial charge in [-0.15, -0.1) is 0 Å². The van der Waals surface area contributed by atoms with Crippen LogP contribution in [0.5, 0.6) is 11.5 Å². The van der Waals surface area contributed by atoms with Crippen molar-refractivity contribution in [3.63, 3.8) is 0 Å². The summed E-state index contributed by atoms with van der Waals surface area (Å²) in [6.45, 7) is 11.4. The third-order valence-corrected chi connectivity index (χ3v) is 6.39. The second kappa shape index (κ2) is 8.45. The van der Waals surface area contributed by atoms with E-state index < -0.39 is 0 Å². The van der Waals surface area contributed by atoms with Crippen molar-refractivity contribution >= 4 is 0 Å². The first-order chi connectivity index (χ1) is 14.7. The Morgan fingerprint density at radius 3 is 1.45 bits per heavy atom. The van der Waals surface area contributed by atoms with Crippen LogP contribution >= 0.6 is 0 Å². The Morgan fingerprint density at radius 1 is 0.742 bits per heavy atom. The van der Waals surface area contributed by atoms with E-state index in [1.807, 2.05) is 12.1 Å². The van der Waals surface area contributed by atoms with Crippen LogP contribution in [0, 0.1) is 10.8 Å². The minimum Gasteiger partial charge on any atom is -0.496 e. The SMILES string of the molecule is COc1ccc(C2OCC2(C)C)cc1COCc1cc(C2OCC2(C)C)ccc1OC. The summed E-state index contributed by atoms with van der Waals surface area (Å²) in [5, 5.41) is 0. The molecule has 2 atom stereocenters. The summed E-state index contributed by atoms with van der Waals surface area (Å²) in [5.74, 6) is 1.65. The highest BCUT2D eigenvalue weighted by Crippen LogP contribution is 2.47. The number of hydrogen-bond acceptors (Lipinski definition) is 5. The fourth-order valence-corrected chi connectivity index (χ4v) is 4.51. The van der Waals surface area contributed by atoms with Gasteiger partial charge in [-0.25, -0.2) is 0 Å². The lowest BCUT2D eigenvalue weighted by Crippen LogP contribution is -2.40. The zero-order chi connectivity index (χ0) is 22.2. The highest BCUT2D eigenvalue weighted by atomic mass is 16.5. The molecule has 2 aromatic rings. The molecule has 0 saturated carbocycles. The second-order valence-corrected chi connectivity index (χ2v) is 9.99. The smallest absolute Gasteiger partial charge is 0.124 e. The topological polar surface area (TPSA) is 46.2 Å². The van der Waals surface area contributed by atoms with Crippen molar-refractivity contribution in [1.82, 2.24) is 0 Å². The number of hydrogen-bond donors (Lipinski definition) is 0. The minimum absolute atomic E-state index is 0.111. The van der Waals surface area contributed by atoms with Crippen molar-refractivity contribution in [2.75, 3.05) is 27.4 Å².